The molecule has 1 rings (SSSR count). The summed E-state index contributed by atoms with van der Waals surface area (Å²) in [4.78, 5) is 6.28. The van der Waals surface area contributed by atoms with Gasteiger partial charge in [-0.15, -0.1) is 0 Å². The van der Waals surface area contributed by atoms with Gasteiger partial charge in [-0.05, 0) is 13.8 Å². The molecule has 0 aliphatic carbocycles. The minimum absolute atomic E-state index is 0.0105. The van der Waals surface area contributed by atoms with E-state index in [2.05, 4.69) is 9.97 Å². The highest BCUT2D eigenvalue weighted by Gasteiger charge is 2.24. The van der Waals surface area contributed by atoms with Gasteiger partial charge >= 0.3 is 0 Å². The number of imidazole rings is 1. The zero-order valence-electron chi connectivity index (χ0n) is 7.85. The molecule has 0 atom stereocenters. The van der Waals surface area contributed by atoms with Crippen LogP contribution in [0.3, 0.4) is 0 Å². The molecule has 0 spiro atoms. The van der Waals surface area contributed by atoms with Crippen LogP contribution in [0, 0.1) is 0 Å². The van der Waals surface area contributed by atoms with Gasteiger partial charge in [-0.1, -0.05) is 0 Å². The summed E-state index contributed by atoms with van der Waals surface area (Å²) < 4.78 is 24.6. The molecule has 5 nitrogen and oxygen atoms in total. The maximum Gasteiger partial charge on any atom is 0.276 e. The van der Waals surface area contributed by atoms with Crippen molar-refractivity contribution in [1.29, 1.82) is 0 Å². The SMILES string of the molecule is CC(C)N(C)S(=O)(=O)c1ncc[nH]1. The zero-order chi connectivity index (χ0) is 10.1. The van der Waals surface area contributed by atoms with E-state index in [1.54, 1.807) is 13.8 Å². The van der Waals surface area contributed by atoms with Crippen LogP contribution in [0.5, 0.6) is 0 Å². The van der Waals surface area contributed by atoms with Crippen molar-refractivity contribution >= 4 is 10.0 Å². The Kier molecular flexibility index (Phi) is 2.72. The second-order valence-electron chi connectivity index (χ2n) is 3.01. The fourth-order valence-corrected chi connectivity index (χ4v) is 2.04. The van der Waals surface area contributed by atoms with Gasteiger partial charge in [0.05, 0.1) is 0 Å². The summed E-state index contributed by atoms with van der Waals surface area (Å²) in [6.45, 7) is 3.61. The first-order valence-corrected chi connectivity index (χ1v) is 5.37. The third-order valence-electron chi connectivity index (χ3n) is 1.82. The lowest BCUT2D eigenvalue weighted by atomic mass is 10.4. The van der Waals surface area contributed by atoms with Gasteiger partial charge in [0.15, 0.2) is 0 Å². The van der Waals surface area contributed by atoms with Gasteiger partial charge in [-0.2, -0.15) is 4.31 Å². The molecule has 6 heteroatoms. The predicted molar refractivity (Wildman–Crippen MR) is 48.7 cm³/mol. The van der Waals surface area contributed by atoms with E-state index in [9.17, 15) is 8.42 Å². The van der Waals surface area contributed by atoms with Crippen molar-refractivity contribution < 1.29 is 8.42 Å². The molecule has 1 heterocycles. The maximum absolute atomic E-state index is 11.7. The van der Waals surface area contributed by atoms with E-state index >= 15 is 0 Å². The third-order valence-corrected chi connectivity index (χ3v) is 3.72. The highest BCUT2D eigenvalue weighted by atomic mass is 32.2. The number of hydrogen-bond acceptors (Lipinski definition) is 3. The van der Waals surface area contributed by atoms with Crippen LogP contribution >= 0.6 is 0 Å². The van der Waals surface area contributed by atoms with Gasteiger partial charge in [0.25, 0.3) is 10.0 Å². The molecule has 13 heavy (non-hydrogen) atoms. The van der Waals surface area contributed by atoms with E-state index in [0.29, 0.717) is 0 Å². The minimum atomic E-state index is -3.43. The van der Waals surface area contributed by atoms with Gasteiger partial charge in [-0.3, -0.25) is 0 Å². The fourth-order valence-electron chi connectivity index (χ4n) is 0.806. The summed E-state index contributed by atoms with van der Waals surface area (Å²) in [5.74, 6) is 0. The average Bonchev–Trinajstić information content (AvgIpc) is 2.54. The van der Waals surface area contributed by atoms with Crippen LogP contribution in [0.15, 0.2) is 17.6 Å². The van der Waals surface area contributed by atoms with Gasteiger partial charge in [0.1, 0.15) is 0 Å². The Labute approximate surface area is 77.8 Å². The third kappa shape index (κ3) is 1.89. The molecule has 0 saturated heterocycles. The van der Waals surface area contributed by atoms with E-state index in [1.807, 2.05) is 0 Å². The first kappa shape index (κ1) is 10.2. The quantitative estimate of drug-likeness (QED) is 0.775. The second kappa shape index (κ2) is 3.47. The molecule has 0 fully saturated rings. The van der Waals surface area contributed by atoms with Crippen LogP contribution in [0.25, 0.3) is 0 Å². The second-order valence-corrected chi connectivity index (χ2v) is 4.92. The molecule has 1 aromatic rings. The number of H-pyrrole nitrogens is 1. The summed E-state index contributed by atoms with van der Waals surface area (Å²) in [5.41, 5.74) is 0. The average molecular weight is 203 g/mol. The van der Waals surface area contributed by atoms with Crippen molar-refractivity contribution in [2.24, 2.45) is 0 Å². The molecule has 0 aliphatic rings. The fraction of sp³-hybridized carbons (Fsp3) is 0.571. The van der Waals surface area contributed by atoms with E-state index < -0.39 is 10.0 Å². The largest absolute Gasteiger partial charge is 0.334 e. The van der Waals surface area contributed by atoms with Gasteiger partial charge in [0.2, 0.25) is 5.16 Å². The highest BCUT2D eigenvalue weighted by molar-refractivity contribution is 7.88. The van der Waals surface area contributed by atoms with Crippen LogP contribution in [-0.4, -0.2) is 35.8 Å². The summed E-state index contributed by atoms with van der Waals surface area (Å²) in [5, 5.41) is -0.0105. The number of hydrogen-bond donors (Lipinski definition) is 1. The molecule has 0 aromatic carbocycles. The van der Waals surface area contributed by atoms with Gasteiger partial charge in [0, 0.05) is 25.5 Å². The molecule has 0 saturated carbocycles. The molecular formula is C7H13N3O2S. The lowest BCUT2D eigenvalue weighted by molar-refractivity contribution is 0.407. The number of aromatic amines is 1. The Balaban J connectivity index is 3.04. The predicted octanol–water partition coefficient (Wildman–Crippen LogP) is 0.439. The number of rotatable bonds is 3. The van der Waals surface area contributed by atoms with Crippen LogP contribution in [0.2, 0.25) is 0 Å². The van der Waals surface area contributed by atoms with E-state index in [-0.39, 0.29) is 11.2 Å². The standard InChI is InChI=1S/C7H13N3O2S/c1-6(2)10(3)13(11,12)7-8-4-5-9-7/h4-6H,1-3H3,(H,8,9). The van der Waals surface area contributed by atoms with Gasteiger partial charge in [-0.25, -0.2) is 13.4 Å². The molecular weight excluding hydrogens is 190 g/mol. The first-order valence-electron chi connectivity index (χ1n) is 3.93. The normalized spacial score (nSPS) is 12.7. The lowest BCUT2D eigenvalue weighted by Crippen LogP contribution is -2.33. The van der Waals surface area contributed by atoms with E-state index in [0.717, 1.165) is 0 Å². The molecule has 1 N–H and O–H groups in total. The molecule has 0 radical (unpaired) electrons. The number of nitrogens with one attached hydrogen (secondary N) is 1. The summed E-state index contributed by atoms with van der Waals surface area (Å²) in [7, 11) is -1.90. The van der Waals surface area contributed by atoms with Gasteiger partial charge < -0.3 is 4.98 Å². The van der Waals surface area contributed by atoms with Crippen LogP contribution < -0.4 is 0 Å². The molecule has 1 aromatic heterocycles. The Morgan fingerprint density at radius 2 is 2.15 bits per heavy atom. The van der Waals surface area contributed by atoms with E-state index in [1.165, 1.54) is 23.7 Å². The summed E-state index contributed by atoms with van der Waals surface area (Å²) in [6.07, 6.45) is 2.90. The van der Waals surface area contributed by atoms with Crippen LogP contribution in [-0.2, 0) is 10.0 Å². The van der Waals surface area contributed by atoms with Crippen LogP contribution in [0.4, 0.5) is 0 Å². The number of nitrogens with zero attached hydrogens (tertiary/aromatic N) is 2. The Morgan fingerprint density at radius 1 is 1.54 bits per heavy atom. The highest BCUT2D eigenvalue weighted by Crippen LogP contribution is 2.10. The Morgan fingerprint density at radius 3 is 2.54 bits per heavy atom. The van der Waals surface area contributed by atoms with Crippen molar-refractivity contribution in [1.82, 2.24) is 14.3 Å². The Bertz CT molecular complexity index is 355. The van der Waals surface area contributed by atoms with Crippen molar-refractivity contribution in [3.63, 3.8) is 0 Å². The van der Waals surface area contributed by atoms with Crippen molar-refractivity contribution in [3.8, 4) is 0 Å². The molecule has 0 amide bonds. The Hall–Kier alpha value is -0.880. The maximum atomic E-state index is 11.7. The van der Waals surface area contributed by atoms with Crippen molar-refractivity contribution in [3.05, 3.63) is 12.4 Å². The minimum Gasteiger partial charge on any atom is -0.334 e. The van der Waals surface area contributed by atoms with Crippen molar-refractivity contribution in [2.45, 2.75) is 25.0 Å². The lowest BCUT2D eigenvalue weighted by Gasteiger charge is -2.18. The topological polar surface area (TPSA) is 66.1 Å². The van der Waals surface area contributed by atoms with Crippen molar-refractivity contribution in [2.75, 3.05) is 7.05 Å². The molecule has 0 aliphatic heterocycles. The first-order chi connectivity index (χ1) is 5.96. The molecule has 0 bridgehead atoms. The number of sulfonamides is 1. The molecule has 74 valence electrons. The zero-order valence-corrected chi connectivity index (χ0v) is 8.67. The molecule has 0 unspecified atom stereocenters. The van der Waals surface area contributed by atoms with Crippen LogP contribution in [0.1, 0.15) is 13.8 Å². The summed E-state index contributed by atoms with van der Waals surface area (Å²) >= 11 is 0. The summed E-state index contributed by atoms with van der Waals surface area (Å²) in [6, 6.07) is -0.0740. The number of aromatic nitrogens is 2. The monoisotopic (exact) mass is 203 g/mol. The smallest absolute Gasteiger partial charge is 0.276 e. The van der Waals surface area contributed by atoms with E-state index in [4.69, 9.17) is 0 Å².